The maximum Gasteiger partial charge on any atom is 0.157 e. The second kappa shape index (κ2) is 4.69. The molecule has 1 N–H and O–H groups in total. The van der Waals surface area contributed by atoms with Crippen molar-refractivity contribution in [2.45, 2.75) is 31.6 Å². The SMILES string of the molecule is Cc1ccc(CNC2=NCC(C3CC3)S2)cn1. The molecule has 1 unspecified atom stereocenters. The summed E-state index contributed by atoms with van der Waals surface area (Å²) >= 11 is 1.92. The minimum Gasteiger partial charge on any atom is -0.361 e. The van der Waals surface area contributed by atoms with Crippen LogP contribution in [-0.4, -0.2) is 21.9 Å². The van der Waals surface area contributed by atoms with Gasteiger partial charge in [-0.15, -0.1) is 0 Å². The summed E-state index contributed by atoms with van der Waals surface area (Å²) in [7, 11) is 0. The van der Waals surface area contributed by atoms with E-state index in [1.54, 1.807) is 0 Å². The highest BCUT2D eigenvalue weighted by Gasteiger charge is 2.35. The highest BCUT2D eigenvalue weighted by Crippen LogP contribution is 2.41. The first kappa shape index (κ1) is 11.1. The topological polar surface area (TPSA) is 37.3 Å². The van der Waals surface area contributed by atoms with Crippen LogP contribution in [-0.2, 0) is 6.54 Å². The van der Waals surface area contributed by atoms with Gasteiger partial charge in [0.1, 0.15) is 0 Å². The van der Waals surface area contributed by atoms with Crippen LogP contribution in [0.5, 0.6) is 0 Å². The molecule has 1 aliphatic heterocycles. The Kier molecular flexibility index (Phi) is 3.05. The Hall–Kier alpha value is -1.03. The zero-order valence-electron chi connectivity index (χ0n) is 10.0. The van der Waals surface area contributed by atoms with Gasteiger partial charge in [0.15, 0.2) is 5.17 Å². The third-order valence-corrected chi connectivity index (χ3v) is 4.58. The Morgan fingerprint density at radius 1 is 1.41 bits per heavy atom. The average molecular weight is 247 g/mol. The number of aromatic nitrogens is 1. The number of aryl methyl sites for hydroxylation is 1. The Labute approximate surface area is 106 Å². The molecule has 2 heterocycles. The molecule has 0 aromatic carbocycles. The van der Waals surface area contributed by atoms with Crippen molar-refractivity contribution < 1.29 is 0 Å². The van der Waals surface area contributed by atoms with Gasteiger partial charge in [-0.25, -0.2) is 0 Å². The molecular formula is C13H17N3S. The molecule has 1 aliphatic carbocycles. The summed E-state index contributed by atoms with van der Waals surface area (Å²) in [5.41, 5.74) is 2.28. The molecule has 2 aliphatic rings. The molecule has 3 rings (SSSR count). The molecule has 17 heavy (non-hydrogen) atoms. The maximum absolute atomic E-state index is 4.56. The lowest BCUT2D eigenvalue weighted by Gasteiger charge is -2.07. The van der Waals surface area contributed by atoms with Gasteiger partial charge in [-0.1, -0.05) is 17.8 Å². The standard InChI is InChI=1S/C13H17N3S/c1-9-2-3-10(6-14-9)7-15-13-16-8-12(17-13)11-4-5-11/h2-3,6,11-12H,4-5,7-8H2,1H3,(H,15,16). The van der Waals surface area contributed by atoms with Crippen LogP contribution < -0.4 is 5.32 Å². The molecule has 0 amide bonds. The number of amidine groups is 1. The van der Waals surface area contributed by atoms with E-state index in [2.05, 4.69) is 21.4 Å². The Morgan fingerprint density at radius 2 is 2.29 bits per heavy atom. The first-order chi connectivity index (χ1) is 8.31. The number of nitrogens with zero attached hydrogens (tertiary/aromatic N) is 2. The van der Waals surface area contributed by atoms with Crippen LogP contribution >= 0.6 is 11.8 Å². The van der Waals surface area contributed by atoms with Crippen LogP contribution in [0.25, 0.3) is 0 Å². The van der Waals surface area contributed by atoms with Crippen molar-refractivity contribution >= 4 is 16.9 Å². The Bertz CT molecular complexity index is 423. The molecule has 1 atom stereocenters. The van der Waals surface area contributed by atoms with E-state index in [4.69, 9.17) is 0 Å². The number of thioether (sulfide) groups is 1. The second-order valence-corrected chi connectivity index (χ2v) is 6.03. The number of nitrogens with one attached hydrogen (secondary N) is 1. The molecular weight excluding hydrogens is 230 g/mol. The molecule has 0 saturated heterocycles. The molecule has 4 heteroatoms. The third kappa shape index (κ3) is 2.80. The summed E-state index contributed by atoms with van der Waals surface area (Å²) in [5.74, 6) is 0.934. The highest BCUT2D eigenvalue weighted by molar-refractivity contribution is 8.14. The quantitative estimate of drug-likeness (QED) is 0.891. The number of hydrogen-bond donors (Lipinski definition) is 1. The fraction of sp³-hybridized carbons (Fsp3) is 0.538. The van der Waals surface area contributed by atoms with E-state index < -0.39 is 0 Å². The van der Waals surface area contributed by atoms with Gasteiger partial charge >= 0.3 is 0 Å². The van der Waals surface area contributed by atoms with Gasteiger partial charge in [-0.05, 0) is 37.3 Å². The molecule has 90 valence electrons. The predicted molar refractivity (Wildman–Crippen MR) is 72.2 cm³/mol. The molecule has 0 bridgehead atoms. The van der Waals surface area contributed by atoms with E-state index in [1.807, 2.05) is 30.9 Å². The first-order valence-electron chi connectivity index (χ1n) is 6.18. The zero-order chi connectivity index (χ0) is 11.7. The summed E-state index contributed by atoms with van der Waals surface area (Å²) < 4.78 is 0. The van der Waals surface area contributed by atoms with E-state index in [0.717, 1.165) is 35.1 Å². The lowest BCUT2D eigenvalue weighted by Crippen LogP contribution is -2.19. The Balaban J connectivity index is 1.49. The van der Waals surface area contributed by atoms with Crippen LogP contribution in [0.1, 0.15) is 24.1 Å². The number of hydrogen-bond acceptors (Lipinski definition) is 4. The van der Waals surface area contributed by atoms with Gasteiger partial charge in [0.05, 0.1) is 6.54 Å². The van der Waals surface area contributed by atoms with Crippen LogP contribution in [0.15, 0.2) is 23.3 Å². The smallest absolute Gasteiger partial charge is 0.157 e. The molecule has 1 saturated carbocycles. The van der Waals surface area contributed by atoms with Gasteiger partial charge in [-0.3, -0.25) is 9.98 Å². The lowest BCUT2D eigenvalue weighted by molar-refractivity contribution is 0.772. The summed E-state index contributed by atoms with van der Waals surface area (Å²) in [5, 5.41) is 5.26. The van der Waals surface area contributed by atoms with E-state index in [1.165, 1.54) is 18.4 Å². The van der Waals surface area contributed by atoms with Crippen LogP contribution in [0.3, 0.4) is 0 Å². The number of aliphatic imine (C=N–C) groups is 1. The highest BCUT2D eigenvalue weighted by atomic mass is 32.2. The fourth-order valence-corrected chi connectivity index (χ4v) is 3.19. The Morgan fingerprint density at radius 3 is 3.00 bits per heavy atom. The molecule has 1 aromatic rings. The van der Waals surface area contributed by atoms with E-state index in [9.17, 15) is 0 Å². The van der Waals surface area contributed by atoms with Gasteiger partial charge < -0.3 is 5.32 Å². The van der Waals surface area contributed by atoms with Crippen molar-refractivity contribution in [2.75, 3.05) is 6.54 Å². The number of rotatable bonds is 3. The molecule has 1 fully saturated rings. The van der Waals surface area contributed by atoms with Crippen molar-refractivity contribution in [2.24, 2.45) is 10.9 Å². The third-order valence-electron chi connectivity index (χ3n) is 3.24. The van der Waals surface area contributed by atoms with Gasteiger partial charge in [0, 0.05) is 23.7 Å². The first-order valence-corrected chi connectivity index (χ1v) is 7.06. The summed E-state index contributed by atoms with van der Waals surface area (Å²) in [6, 6.07) is 4.17. The van der Waals surface area contributed by atoms with Crippen molar-refractivity contribution in [1.82, 2.24) is 10.3 Å². The minimum atomic E-state index is 0.744. The fourth-order valence-electron chi connectivity index (χ4n) is 1.98. The van der Waals surface area contributed by atoms with Crippen molar-refractivity contribution in [3.63, 3.8) is 0 Å². The zero-order valence-corrected chi connectivity index (χ0v) is 10.8. The van der Waals surface area contributed by atoms with Crippen molar-refractivity contribution in [3.05, 3.63) is 29.6 Å². The monoisotopic (exact) mass is 247 g/mol. The largest absolute Gasteiger partial charge is 0.361 e. The van der Waals surface area contributed by atoms with Gasteiger partial charge in [0.25, 0.3) is 0 Å². The summed E-state index contributed by atoms with van der Waals surface area (Å²) in [6.07, 6.45) is 4.74. The van der Waals surface area contributed by atoms with Crippen LogP contribution in [0, 0.1) is 12.8 Å². The maximum atomic E-state index is 4.56. The van der Waals surface area contributed by atoms with Crippen LogP contribution in [0.2, 0.25) is 0 Å². The van der Waals surface area contributed by atoms with Crippen LogP contribution in [0.4, 0.5) is 0 Å². The van der Waals surface area contributed by atoms with Crippen molar-refractivity contribution in [3.8, 4) is 0 Å². The van der Waals surface area contributed by atoms with E-state index in [-0.39, 0.29) is 0 Å². The lowest BCUT2D eigenvalue weighted by atomic mass is 10.2. The van der Waals surface area contributed by atoms with Gasteiger partial charge in [-0.2, -0.15) is 0 Å². The second-order valence-electron chi connectivity index (χ2n) is 4.80. The molecule has 3 nitrogen and oxygen atoms in total. The summed E-state index contributed by atoms with van der Waals surface area (Å²) in [4.78, 5) is 8.85. The van der Waals surface area contributed by atoms with Crippen molar-refractivity contribution in [1.29, 1.82) is 0 Å². The summed E-state index contributed by atoms with van der Waals surface area (Å²) in [6.45, 7) is 3.84. The number of pyridine rings is 1. The van der Waals surface area contributed by atoms with E-state index in [0.29, 0.717) is 0 Å². The predicted octanol–water partition coefficient (Wildman–Crippen LogP) is 2.36. The van der Waals surface area contributed by atoms with E-state index >= 15 is 0 Å². The average Bonchev–Trinajstić information content (AvgIpc) is 3.09. The molecule has 1 aromatic heterocycles. The normalized spacial score (nSPS) is 23.6. The molecule has 0 radical (unpaired) electrons. The molecule has 0 spiro atoms. The van der Waals surface area contributed by atoms with Gasteiger partial charge in [0.2, 0.25) is 0 Å². The minimum absolute atomic E-state index is 0.744.